The smallest absolute Gasteiger partial charge is 0.319 e. The van der Waals surface area contributed by atoms with Crippen LogP contribution in [-0.2, 0) is 6.54 Å². The van der Waals surface area contributed by atoms with Gasteiger partial charge < -0.3 is 10.6 Å². The Hall–Kier alpha value is -1.77. The standard InChI is InChI=1S/C15H22N2O/c1-12-5-7-13(8-6-12)11-17-14(18)16-10-9-15(2,3)4/h5-10H,11H2,1-4H3,(H2,16,17,18)/b10-9+. The maximum Gasteiger partial charge on any atom is 0.319 e. The third kappa shape index (κ3) is 6.09. The van der Waals surface area contributed by atoms with Gasteiger partial charge in [-0.3, -0.25) is 0 Å². The van der Waals surface area contributed by atoms with Crippen molar-refractivity contribution < 1.29 is 4.79 Å². The van der Waals surface area contributed by atoms with E-state index in [1.807, 2.05) is 37.3 Å². The molecule has 0 heterocycles. The van der Waals surface area contributed by atoms with Crippen molar-refractivity contribution in [2.24, 2.45) is 5.41 Å². The predicted molar refractivity (Wildman–Crippen MR) is 75.1 cm³/mol. The summed E-state index contributed by atoms with van der Waals surface area (Å²) in [6, 6.07) is 7.92. The molecule has 98 valence electrons. The van der Waals surface area contributed by atoms with Gasteiger partial charge in [-0.1, -0.05) is 56.7 Å². The Labute approximate surface area is 109 Å². The second-order valence-electron chi connectivity index (χ2n) is 5.51. The lowest BCUT2D eigenvalue weighted by Gasteiger charge is -2.11. The molecule has 0 aliphatic carbocycles. The summed E-state index contributed by atoms with van der Waals surface area (Å²) in [5.74, 6) is 0. The van der Waals surface area contributed by atoms with Crippen LogP contribution in [0.4, 0.5) is 4.79 Å². The second-order valence-corrected chi connectivity index (χ2v) is 5.51. The highest BCUT2D eigenvalue weighted by atomic mass is 16.2. The van der Waals surface area contributed by atoms with E-state index in [1.165, 1.54) is 5.56 Å². The van der Waals surface area contributed by atoms with Crippen molar-refractivity contribution in [2.75, 3.05) is 0 Å². The van der Waals surface area contributed by atoms with Crippen molar-refractivity contribution in [3.63, 3.8) is 0 Å². The average Bonchev–Trinajstić information content (AvgIpc) is 2.26. The van der Waals surface area contributed by atoms with Crippen LogP contribution in [0.5, 0.6) is 0 Å². The van der Waals surface area contributed by atoms with Crippen molar-refractivity contribution in [1.82, 2.24) is 10.6 Å². The van der Waals surface area contributed by atoms with E-state index in [4.69, 9.17) is 0 Å². The molecule has 0 fully saturated rings. The van der Waals surface area contributed by atoms with E-state index in [9.17, 15) is 4.79 Å². The molecule has 0 aliphatic rings. The molecule has 1 aromatic carbocycles. The van der Waals surface area contributed by atoms with Gasteiger partial charge in [-0.25, -0.2) is 4.79 Å². The molecule has 0 aliphatic heterocycles. The molecule has 0 radical (unpaired) electrons. The summed E-state index contributed by atoms with van der Waals surface area (Å²) in [4.78, 5) is 11.5. The number of hydrogen-bond donors (Lipinski definition) is 2. The van der Waals surface area contributed by atoms with Gasteiger partial charge >= 0.3 is 6.03 Å². The summed E-state index contributed by atoms with van der Waals surface area (Å²) in [5.41, 5.74) is 2.39. The van der Waals surface area contributed by atoms with Crippen LogP contribution in [0.2, 0.25) is 0 Å². The molecule has 1 rings (SSSR count). The first-order chi connectivity index (χ1) is 8.37. The largest absolute Gasteiger partial charge is 0.334 e. The van der Waals surface area contributed by atoms with Gasteiger partial charge in [0, 0.05) is 12.7 Å². The molecular weight excluding hydrogens is 224 g/mol. The van der Waals surface area contributed by atoms with Crippen molar-refractivity contribution in [2.45, 2.75) is 34.2 Å². The molecule has 0 unspecified atom stereocenters. The van der Waals surface area contributed by atoms with Gasteiger partial charge in [0.2, 0.25) is 0 Å². The molecule has 3 nitrogen and oxygen atoms in total. The van der Waals surface area contributed by atoms with Crippen LogP contribution in [0.25, 0.3) is 0 Å². The minimum absolute atomic E-state index is 0.0736. The fourth-order valence-corrected chi connectivity index (χ4v) is 1.31. The van der Waals surface area contributed by atoms with Crippen LogP contribution >= 0.6 is 0 Å². The molecule has 0 saturated carbocycles. The average molecular weight is 246 g/mol. The highest BCUT2D eigenvalue weighted by molar-refractivity contribution is 5.74. The lowest BCUT2D eigenvalue weighted by Crippen LogP contribution is -2.31. The molecule has 2 amide bonds. The SMILES string of the molecule is Cc1ccc(CNC(=O)N/C=C/C(C)(C)C)cc1. The fourth-order valence-electron chi connectivity index (χ4n) is 1.31. The molecule has 0 atom stereocenters. The predicted octanol–water partition coefficient (Wildman–Crippen LogP) is 3.35. The summed E-state index contributed by atoms with van der Waals surface area (Å²) < 4.78 is 0. The zero-order chi connectivity index (χ0) is 13.6. The first kappa shape index (κ1) is 14.3. The summed E-state index contributed by atoms with van der Waals surface area (Å²) in [5, 5.41) is 5.49. The molecule has 0 aromatic heterocycles. The number of amides is 2. The molecule has 1 aromatic rings. The number of urea groups is 1. The number of aryl methyl sites for hydroxylation is 1. The second kappa shape index (κ2) is 6.24. The monoisotopic (exact) mass is 246 g/mol. The summed E-state index contributed by atoms with van der Waals surface area (Å²) in [6.45, 7) is 8.82. The van der Waals surface area contributed by atoms with Crippen LogP contribution in [0, 0.1) is 12.3 Å². The van der Waals surface area contributed by atoms with Crippen molar-refractivity contribution in [1.29, 1.82) is 0 Å². The Bertz CT molecular complexity index is 413. The first-order valence-electron chi connectivity index (χ1n) is 6.14. The van der Waals surface area contributed by atoms with Gasteiger partial charge in [0.1, 0.15) is 0 Å². The Kier molecular flexibility index (Phi) is 4.95. The van der Waals surface area contributed by atoms with E-state index in [-0.39, 0.29) is 11.4 Å². The maximum absolute atomic E-state index is 11.5. The number of nitrogens with one attached hydrogen (secondary N) is 2. The van der Waals surface area contributed by atoms with Crippen LogP contribution in [0.1, 0.15) is 31.9 Å². The van der Waals surface area contributed by atoms with E-state index in [0.29, 0.717) is 6.54 Å². The summed E-state index contributed by atoms with van der Waals surface area (Å²) in [7, 11) is 0. The van der Waals surface area contributed by atoms with Gasteiger partial charge in [0.05, 0.1) is 0 Å². The Morgan fingerprint density at radius 1 is 1.22 bits per heavy atom. The van der Waals surface area contributed by atoms with Gasteiger partial charge in [-0.05, 0) is 17.9 Å². The molecule has 3 heteroatoms. The lowest BCUT2D eigenvalue weighted by molar-refractivity contribution is 0.243. The maximum atomic E-state index is 11.5. The van der Waals surface area contributed by atoms with Crippen molar-refractivity contribution in [3.8, 4) is 0 Å². The van der Waals surface area contributed by atoms with Crippen molar-refractivity contribution >= 4 is 6.03 Å². The van der Waals surface area contributed by atoms with E-state index < -0.39 is 0 Å². The van der Waals surface area contributed by atoms with Crippen molar-refractivity contribution in [3.05, 3.63) is 47.7 Å². The van der Waals surface area contributed by atoms with Gasteiger partial charge in [-0.2, -0.15) is 0 Å². The molecule has 18 heavy (non-hydrogen) atoms. The van der Waals surface area contributed by atoms with E-state index in [2.05, 4.69) is 31.4 Å². The minimum atomic E-state index is -0.184. The van der Waals surface area contributed by atoms with Crippen LogP contribution in [-0.4, -0.2) is 6.03 Å². The fraction of sp³-hybridized carbons (Fsp3) is 0.400. The van der Waals surface area contributed by atoms with Gasteiger partial charge in [0.25, 0.3) is 0 Å². The first-order valence-corrected chi connectivity index (χ1v) is 6.14. The van der Waals surface area contributed by atoms with Crippen LogP contribution in [0.3, 0.4) is 0 Å². The number of carbonyl (C=O) groups is 1. The zero-order valence-electron chi connectivity index (χ0n) is 11.6. The van der Waals surface area contributed by atoms with Crippen LogP contribution < -0.4 is 10.6 Å². The van der Waals surface area contributed by atoms with Gasteiger partial charge in [-0.15, -0.1) is 0 Å². The number of rotatable bonds is 3. The number of benzene rings is 1. The number of hydrogen-bond acceptors (Lipinski definition) is 1. The Morgan fingerprint density at radius 2 is 1.83 bits per heavy atom. The Morgan fingerprint density at radius 3 is 2.39 bits per heavy atom. The highest BCUT2D eigenvalue weighted by Crippen LogP contribution is 2.13. The third-order valence-electron chi connectivity index (χ3n) is 2.37. The van der Waals surface area contributed by atoms with E-state index in [1.54, 1.807) is 6.20 Å². The Balaban J connectivity index is 2.33. The molecule has 2 N–H and O–H groups in total. The van der Waals surface area contributed by atoms with E-state index >= 15 is 0 Å². The summed E-state index contributed by atoms with van der Waals surface area (Å²) in [6.07, 6.45) is 3.64. The number of carbonyl (C=O) groups excluding carboxylic acids is 1. The molecular formula is C15H22N2O. The normalized spacial score (nSPS) is 11.6. The van der Waals surface area contributed by atoms with E-state index in [0.717, 1.165) is 5.56 Å². The summed E-state index contributed by atoms with van der Waals surface area (Å²) >= 11 is 0. The van der Waals surface area contributed by atoms with Gasteiger partial charge in [0.15, 0.2) is 0 Å². The topological polar surface area (TPSA) is 41.1 Å². The highest BCUT2D eigenvalue weighted by Gasteiger charge is 2.04. The zero-order valence-corrected chi connectivity index (χ0v) is 11.6. The molecule has 0 saturated heterocycles. The minimum Gasteiger partial charge on any atom is -0.334 e. The molecule has 0 bridgehead atoms. The quantitative estimate of drug-likeness (QED) is 0.843. The van der Waals surface area contributed by atoms with Crippen LogP contribution in [0.15, 0.2) is 36.5 Å². The number of allylic oxidation sites excluding steroid dienone is 1. The molecule has 0 spiro atoms. The lowest BCUT2D eigenvalue weighted by atomic mass is 9.97. The third-order valence-corrected chi connectivity index (χ3v) is 2.37.